The zero-order valence-corrected chi connectivity index (χ0v) is 13.3. The fourth-order valence-electron chi connectivity index (χ4n) is 2.66. The number of halogens is 1. The molecule has 1 fully saturated rings. The van der Waals surface area contributed by atoms with Crippen LogP contribution in [0.25, 0.3) is 0 Å². The van der Waals surface area contributed by atoms with Gasteiger partial charge in [0.2, 0.25) is 0 Å². The van der Waals surface area contributed by atoms with E-state index in [-0.39, 0.29) is 28.4 Å². The summed E-state index contributed by atoms with van der Waals surface area (Å²) in [6.45, 7) is 6.29. The van der Waals surface area contributed by atoms with Gasteiger partial charge < -0.3 is 9.32 Å². The Morgan fingerprint density at radius 2 is 2.10 bits per heavy atom. The lowest BCUT2D eigenvalue weighted by atomic mass is 9.93. The zero-order chi connectivity index (χ0) is 15.1. The van der Waals surface area contributed by atoms with Crippen molar-refractivity contribution in [2.75, 3.05) is 6.54 Å². The highest BCUT2D eigenvalue weighted by Crippen LogP contribution is 2.27. The van der Waals surface area contributed by atoms with Crippen LogP contribution in [0.4, 0.5) is 0 Å². The second-order valence-corrected chi connectivity index (χ2v) is 7.98. The highest BCUT2D eigenvalue weighted by Gasteiger charge is 2.31. The first kappa shape index (κ1) is 15.4. The molecule has 20 heavy (non-hydrogen) atoms. The Labute approximate surface area is 123 Å². The van der Waals surface area contributed by atoms with Crippen molar-refractivity contribution in [2.45, 2.75) is 44.6 Å². The fraction of sp³-hybridized carbons (Fsp3) is 0.615. The average Bonchev–Trinajstić information content (AvgIpc) is 2.70. The van der Waals surface area contributed by atoms with Crippen LogP contribution >= 0.6 is 10.7 Å². The maximum absolute atomic E-state index is 12.4. The lowest BCUT2D eigenvalue weighted by molar-refractivity contribution is 0.0555. The molecule has 5 nitrogen and oxygen atoms in total. The molecule has 0 spiro atoms. The summed E-state index contributed by atoms with van der Waals surface area (Å²) in [5.74, 6) is 0.481. The van der Waals surface area contributed by atoms with Gasteiger partial charge in [-0.25, -0.2) is 8.42 Å². The summed E-state index contributed by atoms with van der Waals surface area (Å²) in [6, 6.07) is 1.33. The molecule has 2 atom stereocenters. The molecular weight excluding hydrogens is 302 g/mol. The van der Waals surface area contributed by atoms with Gasteiger partial charge in [-0.05, 0) is 32.6 Å². The van der Waals surface area contributed by atoms with Crippen LogP contribution in [-0.2, 0) is 9.05 Å². The lowest BCUT2D eigenvalue weighted by Gasteiger charge is -2.35. The van der Waals surface area contributed by atoms with E-state index in [0.717, 1.165) is 12.8 Å². The van der Waals surface area contributed by atoms with Crippen molar-refractivity contribution < 1.29 is 17.6 Å². The molecule has 0 aliphatic carbocycles. The van der Waals surface area contributed by atoms with Crippen molar-refractivity contribution in [2.24, 2.45) is 5.92 Å². The third-order valence-corrected chi connectivity index (χ3v) is 5.17. The van der Waals surface area contributed by atoms with Gasteiger partial charge in [0.1, 0.15) is 10.7 Å². The highest BCUT2D eigenvalue weighted by molar-refractivity contribution is 8.13. The fourth-order valence-corrected chi connectivity index (χ4v) is 3.76. The minimum absolute atomic E-state index is 0.0307. The molecular formula is C13H18ClNO4S. The van der Waals surface area contributed by atoms with E-state index in [1.165, 1.54) is 13.0 Å². The highest BCUT2D eigenvalue weighted by atomic mass is 35.7. The van der Waals surface area contributed by atoms with Crippen molar-refractivity contribution in [1.82, 2.24) is 4.90 Å². The van der Waals surface area contributed by atoms with E-state index in [0.29, 0.717) is 12.5 Å². The molecule has 2 unspecified atom stereocenters. The molecule has 1 aliphatic heterocycles. The number of hydrogen-bond donors (Lipinski definition) is 0. The summed E-state index contributed by atoms with van der Waals surface area (Å²) in [5.41, 5.74) is 0. The van der Waals surface area contributed by atoms with Crippen molar-refractivity contribution in [3.05, 3.63) is 17.6 Å². The number of furan rings is 1. The van der Waals surface area contributed by atoms with Crippen LogP contribution in [-0.4, -0.2) is 31.8 Å². The van der Waals surface area contributed by atoms with Gasteiger partial charge in [0.15, 0.2) is 5.76 Å². The third-order valence-electron chi connectivity index (χ3n) is 3.74. The standard InChI is InChI=1S/C13H18ClNO4S/c1-8-4-5-15(9(2)6-8)13(16)11-7-12(10(3)19-11)20(14,17)18/h7-9H,4-6H2,1-3H3. The van der Waals surface area contributed by atoms with Crippen LogP contribution in [0.2, 0.25) is 0 Å². The number of aryl methyl sites for hydroxylation is 1. The number of carbonyl (C=O) groups is 1. The van der Waals surface area contributed by atoms with Crippen LogP contribution in [0.1, 0.15) is 43.0 Å². The maximum atomic E-state index is 12.4. The third kappa shape index (κ3) is 3.01. The number of hydrogen-bond acceptors (Lipinski definition) is 4. The first-order valence-electron chi connectivity index (χ1n) is 6.56. The van der Waals surface area contributed by atoms with Crippen molar-refractivity contribution in [3.63, 3.8) is 0 Å². The Hall–Kier alpha value is -1.01. The number of nitrogens with zero attached hydrogens (tertiary/aromatic N) is 1. The number of likely N-dealkylation sites (tertiary alicyclic amines) is 1. The summed E-state index contributed by atoms with van der Waals surface area (Å²) >= 11 is 0. The van der Waals surface area contributed by atoms with Gasteiger partial charge in [-0.3, -0.25) is 4.79 Å². The van der Waals surface area contributed by atoms with E-state index < -0.39 is 9.05 Å². The Balaban J connectivity index is 2.26. The molecule has 0 N–H and O–H groups in total. The van der Waals surface area contributed by atoms with Gasteiger partial charge in [0, 0.05) is 29.3 Å². The maximum Gasteiger partial charge on any atom is 0.289 e. The normalized spacial score (nSPS) is 23.9. The molecule has 112 valence electrons. The monoisotopic (exact) mass is 319 g/mol. The van der Waals surface area contributed by atoms with Gasteiger partial charge in [-0.1, -0.05) is 6.92 Å². The molecule has 1 amide bonds. The van der Waals surface area contributed by atoms with Gasteiger partial charge >= 0.3 is 0 Å². The second kappa shape index (κ2) is 5.41. The molecule has 2 rings (SSSR count). The first-order valence-corrected chi connectivity index (χ1v) is 8.87. The van der Waals surface area contributed by atoms with E-state index in [1.807, 2.05) is 6.92 Å². The molecule has 7 heteroatoms. The van der Waals surface area contributed by atoms with Gasteiger partial charge in [0.25, 0.3) is 15.0 Å². The molecule has 0 bridgehead atoms. The topological polar surface area (TPSA) is 67.6 Å². The summed E-state index contributed by atoms with van der Waals surface area (Å²) < 4.78 is 28.0. The van der Waals surface area contributed by atoms with Crippen molar-refractivity contribution >= 4 is 25.6 Å². The van der Waals surface area contributed by atoms with E-state index in [1.54, 1.807) is 4.90 Å². The molecule has 1 saturated heterocycles. The Bertz CT molecular complexity index is 622. The van der Waals surface area contributed by atoms with Crippen molar-refractivity contribution in [3.8, 4) is 0 Å². The minimum Gasteiger partial charge on any atom is -0.455 e. The summed E-state index contributed by atoms with van der Waals surface area (Å²) in [4.78, 5) is 14.0. The molecule has 0 radical (unpaired) electrons. The lowest BCUT2D eigenvalue weighted by Crippen LogP contribution is -2.44. The summed E-state index contributed by atoms with van der Waals surface area (Å²) in [6.07, 6.45) is 1.88. The molecule has 1 aliphatic rings. The molecule has 0 saturated carbocycles. The number of rotatable bonds is 2. The minimum atomic E-state index is -3.89. The largest absolute Gasteiger partial charge is 0.455 e. The summed E-state index contributed by atoms with van der Waals surface area (Å²) in [5, 5.41) is 0. The Kier molecular flexibility index (Phi) is 4.16. The molecule has 1 aromatic rings. The smallest absolute Gasteiger partial charge is 0.289 e. The predicted octanol–water partition coefficient (Wildman–Crippen LogP) is 2.78. The van der Waals surface area contributed by atoms with Gasteiger partial charge in [-0.15, -0.1) is 0 Å². The number of piperidine rings is 1. The summed E-state index contributed by atoms with van der Waals surface area (Å²) in [7, 11) is 1.41. The molecule has 0 aromatic carbocycles. The average molecular weight is 320 g/mol. The quantitative estimate of drug-likeness (QED) is 0.786. The first-order chi connectivity index (χ1) is 9.20. The number of amides is 1. The Morgan fingerprint density at radius 1 is 1.45 bits per heavy atom. The van der Waals surface area contributed by atoms with Gasteiger partial charge in [0.05, 0.1) is 0 Å². The van der Waals surface area contributed by atoms with Crippen LogP contribution in [0.15, 0.2) is 15.4 Å². The number of carbonyl (C=O) groups excluding carboxylic acids is 1. The second-order valence-electron chi connectivity index (χ2n) is 5.45. The molecule has 1 aromatic heterocycles. The van der Waals surface area contributed by atoms with E-state index in [4.69, 9.17) is 15.1 Å². The Morgan fingerprint density at radius 3 is 2.60 bits per heavy atom. The molecule has 2 heterocycles. The van der Waals surface area contributed by atoms with E-state index >= 15 is 0 Å². The van der Waals surface area contributed by atoms with Gasteiger partial charge in [-0.2, -0.15) is 0 Å². The van der Waals surface area contributed by atoms with Crippen LogP contribution in [0.3, 0.4) is 0 Å². The van der Waals surface area contributed by atoms with Crippen LogP contribution in [0.5, 0.6) is 0 Å². The van der Waals surface area contributed by atoms with E-state index in [2.05, 4.69) is 6.92 Å². The zero-order valence-electron chi connectivity index (χ0n) is 11.7. The SMILES string of the molecule is Cc1oc(C(=O)N2CCC(C)CC2C)cc1S(=O)(=O)Cl. The predicted molar refractivity (Wildman–Crippen MR) is 75.4 cm³/mol. The van der Waals surface area contributed by atoms with E-state index in [9.17, 15) is 13.2 Å². The van der Waals surface area contributed by atoms with Crippen molar-refractivity contribution in [1.29, 1.82) is 0 Å². The van der Waals surface area contributed by atoms with Crippen LogP contribution < -0.4 is 0 Å². The van der Waals surface area contributed by atoms with Crippen LogP contribution in [0, 0.1) is 12.8 Å².